The monoisotopic (exact) mass is 312 g/mol. The van der Waals surface area contributed by atoms with Crippen molar-refractivity contribution in [1.82, 2.24) is 5.32 Å². The predicted molar refractivity (Wildman–Crippen MR) is 85.1 cm³/mol. The van der Waals surface area contributed by atoms with E-state index in [0.29, 0.717) is 17.9 Å². The number of carbonyl (C=O) groups is 1. The summed E-state index contributed by atoms with van der Waals surface area (Å²) in [6.07, 6.45) is 0.600. The van der Waals surface area contributed by atoms with Gasteiger partial charge < -0.3 is 10.6 Å². The minimum Gasteiger partial charge on any atom is -0.384 e. The molecule has 0 aliphatic rings. The lowest BCUT2D eigenvalue weighted by atomic mass is 9.92. The molecule has 0 atom stereocenters. The number of benzene rings is 1. The Labute approximate surface area is 127 Å². The summed E-state index contributed by atoms with van der Waals surface area (Å²) in [6, 6.07) is 6.64. The van der Waals surface area contributed by atoms with Gasteiger partial charge in [0, 0.05) is 19.3 Å². The van der Waals surface area contributed by atoms with Gasteiger partial charge in [-0.2, -0.15) is 0 Å². The number of sulfone groups is 1. The second-order valence-electron chi connectivity index (χ2n) is 5.66. The second-order valence-corrected chi connectivity index (χ2v) is 7.77. The van der Waals surface area contributed by atoms with Gasteiger partial charge in [-0.3, -0.25) is 4.79 Å². The maximum absolute atomic E-state index is 11.9. The lowest BCUT2D eigenvalue weighted by molar-refractivity contribution is -0.128. The van der Waals surface area contributed by atoms with Crippen LogP contribution in [0.25, 0.3) is 0 Å². The Morgan fingerprint density at radius 1 is 1.19 bits per heavy atom. The van der Waals surface area contributed by atoms with Gasteiger partial charge in [0.1, 0.15) is 0 Å². The van der Waals surface area contributed by atoms with Crippen molar-refractivity contribution in [3.63, 3.8) is 0 Å². The fourth-order valence-corrected chi connectivity index (χ4v) is 3.23. The van der Waals surface area contributed by atoms with E-state index in [1.165, 1.54) is 0 Å². The molecular weight excluding hydrogens is 288 g/mol. The van der Waals surface area contributed by atoms with Crippen molar-refractivity contribution in [3.8, 4) is 0 Å². The predicted octanol–water partition coefficient (Wildman–Crippen LogP) is 2.05. The maximum Gasteiger partial charge on any atom is 0.227 e. The van der Waals surface area contributed by atoms with E-state index < -0.39 is 15.3 Å². The Morgan fingerprint density at radius 3 is 2.24 bits per heavy atom. The lowest BCUT2D eigenvalue weighted by Gasteiger charge is -2.23. The highest BCUT2D eigenvalue weighted by Gasteiger charge is 2.26. The van der Waals surface area contributed by atoms with E-state index in [9.17, 15) is 13.2 Å². The summed E-state index contributed by atoms with van der Waals surface area (Å²) in [6.45, 7) is 6.00. The zero-order valence-corrected chi connectivity index (χ0v) is 13.9. The van der Waals surface area contributed by atoms with E-state index >= 15 is 0 Å². The van der Waals surface area contributed by atoms with Crippen molar-refractivity contribution in [1.29, 1.82) is 0 Å². The summed E-state index contributed by atoms with van der Waals surface area (Å²) >= 11 is 0. The molecule has 0 heterocycles. The van der Waals surface area contributed by atoms with Crippen LogP contribution in [0.15, 0.2) is 29.2 Å². The normalized spacial score (nSPS) is 12.0. The molecule has 0 aliphatic carbocycles. The van der Waals surface area contributed by atoms with Gasteiger partial charge in [-0.15, -0.1) is 0 Å². The van der Waals surface area contributed by atoms with Crippen molar-refractivity contribution in [2.24, 2.45) is 5.41 Å². The first kappa shape index (κ1) is 17.5. The topological polar surface area (TPSA) is 75.3 Å². The third-order valence-electron chi connectivity index (χ3n) is 3.26. The van der Waals surface area contributed by atoms with Crippen LogP contribution in [-0.4, -0.2) is 33.7 Å². The standard InChI is InChI=1S/C15H24N2O3S/c1-5-10-21(19,20)13-8-6-12(7-9-13)17-11-15(2,3)14(18)16-4/h6-9,17H,5,10-11H2,1-4H3,(H,16,18). The van der Waals surface area contributed by atoms with Gasteiger partial charge in [0.05, 0.1) is 16.1 Å². The molecule has 118 valence electrons. The van der Waals surface area contributed by atoms with Gasteiger partial charge in [-0.1, -0.05) is 6.92 Å². The molecule has 1 aromatic carbocycles. The van der Waals surface area contributed by atoms with Crippen molar-refractivity contribution in [2.75, 3.05) is 24.7 Å². The first-order chi connectivity index (χ1) is 9.73. The van der Waals surface area contributed by atoms with Crippen LogP contribution in [0.3, 0.4) is 0 Å². The Bertz CT molecular complexity index is 577. The number of amides is 1. The van der Waals surface area contributed by atoms with E-state index in [0.717, 1.165) is 5.69 Å². The molecule has 1 amide bonds. The lowest BCUT2D eigenvalue weighted by Crippen LogP contribution is -2.39. The highest BCUT2D eigenvalue weighted by atomic mass is 32.2. The van der Waals surface area contributed by atoms with Crippen LogP contribution in [0.4, 0.5) is 5.69 Å². The van der Waals surface area contributed by atoms with Gasteiger partial charge in [-0.05, 0) is 44.5 Å². The first-order valence-corrected chi connectivity index (χ1v) is 8.67. The van der Waals surface area contributed by atoms with Crippen LogP contribution in [0, 0.1) is 5.41 Å². The zero-order chi connectivity index (χ0) is 16.1. The highest BCUT2D eigenvalue weighted by molar-refractivity contribution is 7.91. The molecule has 0 aromatic heterocycles. The molecule has 0 spiro atoms. The minimum atomic E-state index is -3.18. The van der Waals surface area contributed by atoms with Crippen LogP contribution < -0.4 is 10.6 Å². The summed E-state index contributed by atoms with van der Waals surface area (Å²) in [7, 11) is -1.57. The van der Waals surface area contributed by atoms with Crippen LogP contribution in [0.1, 0.15) is 27.2 Å². The second kappa shape index (κ2) is 6.93. The molecule has 0 unspecified atom stereocenters. The molecule has 1 rings (SSSR count). The molecule has 1 aromatic rings. The molecule has 0 fully saturated rings. The maximum atomic E-state index is 11.9. The third-order valence-corrected chi connectivity index (χ3v) is 5.20. The van der Waals surface area contributed by atoms with E-state index in [1.54, 1.807) is 31.3 Å². The van der Waals surface area contributed by atoms with E-state index in [1.807, 2.05) is 20.8 Å². The zero-order valence-electron chi connectivity index (χ0n) is 13.1. The smallest absolute Gasteiger partial charge is 0.227 e. The number of rotatable bonds is 7. The van der Waals surface area contributed by atoms with Gasteiger partial charge in [0.15, 0.2) is 9.84 Å². The minimum absolute atomic E-state index is 0.0443. The van der Waals surface area contributed by atoms with Crippen molar-refractivity contribution in [2.45, 2.75) is 32.1 Å². The van der Waals surface area contributed by atoms with E-state index in [4.69, 9.17) is 0 Å². The number of nitrogens with one attached hydrogen (secondary N) is 2. The fraction of sp³-hybridized carbons (Fsp3) is 0.533. The fourth-order valence-electron chi connectivity index (χ4n) is 1.91. The molecular formula is C15H24N2O3S. The summed E-state index contributed by atoms with van der Waals surface area (Å²) in [5.74, 6) is 0.112. The van der Waals surface area contributed by atoms with Crippen LogP contribution in [0.2, 0.25) is 0 Å². The van der Waals surface area contributed by atoms with Crippen LogP contribution in [0.5, 0.6) is 0 Å². The quantitative estimate of drug-likeness (QED) is 0.808. The molecule has 0 bridgehead atoms. The van der Waals surface area contributed by atoms with Gasteiger partial charge in [0.2, 0.25) is 5.91 Å². The first-order valence-electron chi connectivity index (χ1n) is 7.02. The molecule has 6 heteroatoms. The Morgan fingerprint density at radius 2 is 1.76 bits per heavy atom. The van der Waals surface area contributed by atoms with Crippen molar-refractivity contribution in [3.05, 3.63) is 24.3 Å². The third kappa shape index (κ3) is 4.74. The average molecular weight is 312 g/mol. The number of hydrogen-bond acceptors (Lipinski definition) is 4. The van der Waals surface area contributed by atoms with Crippen molar-refractivity contribution >= 4 is 21.4 Å². The summed E-state index contributed by atoms with van der Waals surface area (Å²) < 4.78 is 23.8. The van der Waals surface area contributed by atoms with E-state index in [2.05, 4.69) is 10.6 Å². The van der Waals surface area contributed by atoms with Crippen molar-refractivity contribution < 1.29 is 13.2 Å². The largest absolute Gasteiger partial charge is 0.384 e. The summed E-state index contributed by atoms with van der Waals surface area (Å²) in [4.78, 5) is 12.0. The Balaban J connectivity index is 2.74. The summed E-state index contributed by atoms with van der Waals surface area (Å²) in [5.41, 5.74) is 0.254. The average Bonchev–Trinajstić information content (AvgIpc) is 2.44. The number of hydrogen-bond donors (Lipinski definition) is 2. The molecule has 0 saturated heterocycles. The molecule has 2 N–H and O–H groups in total. The molecule has 5 nitrogen and oxygen atoms in total. The molecule has 0 aliphatic heterocycles. The molecule has 21 heavy (non-hydrogen) atoms. The molecule has 0 radical (unpaired) electrons. The number of carbonyl (C=O) groups excluding carboxylic acids is 1. The van der Waals surface area contributed by atoms with Gasteiger partial charge in [-0.25, -0.2) is 8.42 Å². The Kier molecular flexibility index (Phi) is 5.78. The summed E-state index contributed by atoms with van der Waals surface area (Å²) in [5, 5.41) is 5.78. The van der Waals surface area contributed by atoms with Gasteiger partial charge in [0.25, 0.3) is 0 Å². The van der Waals surface area contributed by atoms with Crippen LogP contribution >= 0.6 is 0 Å². The van der Waals surface area contributed by atoms with E-state index in [-0.39, 0.29) is 11.7 Å². The number of anilines is 1. The SMILES string of the molecule is CCCS(=O)(=O)c1ccc(NCC(C)(C)C(=O)NC)cc1. The van der Waals surface area contributed by atoms with Crippen LogP contribution in [-0.2, 0) is 14.6 Å². The van der Waals surface area contributed by atoms with Gasteiger partial charge >= 0.3 is 0 Å². The molecule has 0 saturated carbocycles. The highest BCUT2D eigenvalue weighted by Crippen LogP contribution is 2.19. The Hall–Kier alpha value is -1.56.